The minimum Gasteiger partial charge on any atom is -0.481 e. The van der Waals surface area contributed by atoms with E-state index >= 15 is 0 Å². The van der Waals surface area contributed by atoms with E-state index in [2.05, 4.69) is 15.9 Å². The van der Waals surface area contributed by atoms with Crippen LogP contribution in [-0.4, -0.2) is 25.0 Å². The number of rotatable bonds is 7. The summed E-state index contributed by atoms with van der Waals surface area (Å²) in [6.07, 6.45) is 0.0211. The number of nitrogens with zero attached hydrogens (tertiary/aromatic N) is 1. The molecule has 0 aromatic heterocycles. The summed E-state index contributed by atoms with van der Waals surface area (Å²) in [5, 5.41) is 0. The van der Waals surface area contributed by atoms with Crippen molar-refractivity contribution in [2.45, 2.75) is 6.42 Å². The van der Waals surface area contributed by atoms with Crippen molar-refractivity contribution in [3.05, 3.63) is 58.8 Å². The molecule has 0 bridgehead atoms. The van der Waals surface area contributed by atoms with Gasteiger partial charge in [-0.05, 0) is 30.3 Å². The summed E-state index contributed by atoms with van der Waals surface area (Å²) in [5.74, 6) is -1.50. The molecular formula is C17H16BrFN2O3. The number of ether oxygens (including phenoxy) is 1. The molecule has 7 heteroatoms. The number of para-hydroxylation sites is 1. The van der Waals surface area contributed by atoms with E-state index in [-0.39, 0.29) is 25.3 Å². The average molecular weight is 395 g/mol. The van der Waals surface area contributed by atoms with Crippen LogP contribution in [0.4, 0.5) is 10.1 Å². The minimum absolute atomic E-state index is 0.0190. The Balaban J connectivity index is 2.08. The third kappa shape index (κ3) is 5.06. The van der Waals surface area contributed by atoms with E-state index in [1.807, 2.05) is 6.07 Å². The number of hydrogen-bond donors (Lipinski definition) is 1. The molecule has 0 atom stereocenters. The van der Waals surface area contributed by atoms with Crippen molar-refractivity contribution in [3.63, 3.8) is 0 Å². The first-order valence-electron chi connectivity index (χ1n) is 7.19. The molecule has 0 aliphatic rings. The van der Waals surface area contributed by atoms with Gasteiger partial charge < -0.3 is 15.4 Å². The number of halogens is 2. The number of hydrogen-bond acceptors (Lipinski definition) is 3. The SMILES string of the molecule is NC(=O)CCN(C(=O)COc1ccc(Br)cc1F)c1ccccc1. The summed E-state index contributed by atoms with van der Waals surface area (Å²) in [7, 11) is 0. The lowest BCUT2D eigenvalue weighted by Gasteiger charge is -2.22. The van der Waals surface area contributed by atoms with Crippen molar-refractivity contribution in [3.8, 4) is 5.75 Å². The molecule has 2 amide bonds. The van der Waals surface area contributed by atoms with Gasteiger partial charge in [0.25, 0.3) is 5.91 Å². The quantitative estimate of drug-likeness (QED) is 0.784. The maximum Gasteiger partial charge on any atom is 0.264 e. The summed E-state index contributed by atoms with van der Waals surface area (Å²) < 4.78 is 19.6. The molecule has 0 aliphatic heterocycles. The van der Waals surface area contributed by atoms with E-state index in [1.165, 1.54) is 17.0 Å². The summed E-state index contributed by atoms with van der Waals surface area (Å²) in [6.45, 7) is -0.226. The van der Waals surface area contributed by atoms with Crippen LogP contribution in [0, 0.1) is 5.82 Å². The Morgan fingerprint density at radius 2 is 1.88 bits per heavy atom. The number of amides is 2. The molecule has 0 radical (unpaired) electrons. The molecule has 0 saturated heterocycles. The number of carbonyl (C=O) groups excluding carboxylic acids is 2. The lowest BCUT2D eigenvalue weighted by molar-refractivity contribution is -0.120. The second-order valence-electron chi connectivity index (χ2n) is 4.96. The van der Waals surface area contributed by atoms with Crippen molar-refractivity contribution in [1.82, 2.24) is 0 Å². The Morgan fingerprint density at radius 3 is 2.50 bits per heavy atom. The first-order chi connectivity index (χ1) is 11.5. The highest BCUT2D eigenvalue weighted by Crippen LogP contribution is 2.22. The van der Waals surface area contributed by atoms with Crippen molar-refractivity contribution >= 4 is 33.4 Å². The Morgan fingerprint density at radius 1 is 1.17 bits per heavy atom. The van der Waals surface area contributed by atoms with Crippen LogP contribution in [-0.2, 0) is 9.59 Å². The molecule has 0 heterocycles. The molecule has 5 nitrogen and oxygen atoms in total. The molecule has 2 N–H and O–H groups in total. The fourth-order valence-electron chi connectivity index (χ4n) is 2.04. The second-order valence-corrected chi connectivity index (χ2v) is 5.88. The van der Waals surface area contributed by atoms with Crippen LogP contribution in [0.5, 0.6) is 5.75 Å². The highest BCUT2D eigenvalue weighted by atomic mass is 79.9. The largest absolute Gasteiger partial charge is 0.481 e. The fourth-order valence-corrected chi connectivity index (χ4v) is 2.37. The van der Waals surface area contributed by atoms with Crippen LogP contribution < -0.4 is 15.4 Å². The number of nitrogens with two attached hydrogens (primary N) is 1. The highest BCUT2D eigenvalue weighted by molar-refractivity contribution is 9.10. The molecule has 0 aliphatic carbocycles. The third-order valence-corrected chi connectivity index (χ3v) is 3.69. The van der Waals surface area contributed by atoms with Gasteiger partial charge in [-0.3, -0.25) is 9.59 Å². The van der Waals surface area contributed by atoms with Gasteiger partial charge in [-0.25, -0.2) is 4.39 Å². The third-order valence-electron chi connectivity index (χ3n) is 3.20. The van der Waals surface area contributed by atoms with Gasteiger partial charge in [-0.2, -0.15) is 0 Å². The first kappa shape index (κ1) is 17.9. The van der Waals surface area contributed by atoms with Gasteiger partial charge in [-0.15, -0.1) is 0 Å². The fraction of sp³-hybridized carbons (Fsp3) is 0.176. The van der Waals surface area contributed by atoms with Crippen molar-refractivity contribution in [2.75, 3.05) is 18.1 Å². The first-order valence-corrected chi connectivity index (χ1v) is 7.98. The van der Waals surface area contributed by atoms with E-state index in [0.717, 1.165) is 0 Å². The smallest absolute Gasteiger partial charge is 0.264 e. The highest BCUT2D eigenvalue weighted by Gasteiger charge is 2.17. The monoisotopic (exact) mass is 394 g/mol. The Hall–Kier alpha value is -2.41. The number of carbonyl (C=O) groups is 2. The van der Waals surface area contributed by atoms with E-state index in [9.17, 15) is 14.0 Å². The Labute approximate surface area is 147 Å². The maximum absolute atomic E-state index is 13.7. The Kier molecular flexibility index (Phi) is 6.31. The number of primary amides is 1. The average Bonchev–Trinajstić information content (AvgIpc) is 2.55. The van der Waals surface area contributed by atoms with Crippen LogP contribution >= 0.6 is 15.9 Å². The summed E-state index contributed by atoms with van der Waals surface area (Å²) in [4.78, 5) is 24.8. The maximum atomic E-state index is 13.7. The molecule has 0 spiro atoms. The van der Waals surface area contributed by atoms with Crippen LogP contribution in [0.2, 0.25) is 0 Å². The normalized spacial score (nSPS) is 10.2. The molecule has 24 heavy (non-hydrogen) atoms. The zero-order valence-corrected chi connectivity index (χ0v) is 14.3. The molecule has 2 rings (SSSR count). The van der Waals surface area contributed by atoms with E-state index in [0.29, 0.717) is 10.2 Å². The van der Waals surface area contributed by atoms with Gasteiger partial charge >= 0.3 is 0 Å². The van der Waals surface area contributed by atoms with Crippen molar-refractivity contribution in [1.29, 1.82) is 0 Å². The summed E-state index contributed by atoms with van der Waals surface area (Å²) in [5.41, 5.74) is 5.77. The van der Waals surface area contributed by atoms with Gasteiger partial charge in [0.05, 0.1) is 0 Å². The molecule has 0 saturated carbocycles. The molecule has 0 unspecified atom stereocenters. The van der Waals surface area contributed by atoms with E-state index < -0.39 is 17.6 Å². The summed E-state index contributed by atoms with van der Waals surface area (Å²) >= 11 is 3.15. The van der Waals surface area contributed by atoms with Gasteiger partial charge in [0.1, 0.15) is 0 Å². The van der Waals surface area contributed by atoms with E-state index in [4.69, 9.17) is 10.5 Å². The van der Waals surface area contributed by atoms with Crippen LogP contribution in [0.15, 0.2) is 53.0 Å². The van der Waals surface area contributed by atoms with Crippen LogP contribution in [0.1, 0.15) is 6.42 Å². The molecular weight excluding hydrogens is 379 g/mol. The summed E-state index contributed by atoms with van der Waals surface area (Å²) in [6, 6.07) is 13.1. The topological polar surface area (TPSA) is 72.6 Å². The van der Waals surface area contributed by atoms with Gasteiger partial charge in [0.15, 0.2) is 18.2 Å². The second kappa shape index (κ2) is 8.44. The predicted molar refractivity (Wildman–Crippen MR) is 92.2 cm³/mol. The predicted octanol–water partition coefficient (Wildman–Crippen LogP) is 2.88. The molecule has 2 aromatic rings. The standard InChI is InChI=1S/C17H16BrFN2O3/c18-12-6-7-15(14(19)10-12)24-11-17(23)21(9-8-16(20)22)13-4-2-1-3-5-13/h1-7,10H,8-9,11H2,(H2,20,22). The Bertz CT molecular complexity index is 725. The molecule has 2 aromatic carbocycles. The van der Waals surface area contributed by atoms with Gasteiger partial charge in [0, 0.05) is 23.1 Å². The number of benzene rings is 2. The van der Waals surface area contributed by atoms with Gasteiger partial charge in [0.2, 0.25) is 5.91 Å². The van der Waals surface area contributed by atoms with E-state index in [1.54, 1.807) is 30.3 Å². The molecule has 0 fully saturated rings. The zero-order chi connectivity index (χ0) is 17.5. The van der Waals surface area contributed by atoms with Crippen LogP contribution in [0.25, 0.3) is 0 Å². The zero-order valence-electron chi connectivity index (χ0n) is 12.7. The lowest BCUT2D eigenvalue weighted by atomic mass is 10.2. The number of anilines is 1. The van der Waals surface area contributed by atoms with Crippen molar-refractivity contribution in [2.24, 2.45) is 5.73 Å². The van der Waals surface area contributed by atoms with Crippen molar-refractivity contribution < 1.29 is 18.7 Å². The lowest BCUT2D eigenvalue weighted by Crippen LogP contribution is -2.37. The minimum atomic E-state index is -0.569. The molecule has 126 valence electrons. The van der Waals surface area contributed by atoms with Gasteiger partial charge in [-0.1, -0.05) is 34.1 Å². The van der Waals surface area contributed by atoms with Crippen LogP contribution in [0.3, 0.4) is 0 Å².